The number of hydrogen-bond donors (Lipinski definition) is 1. The van der Waals surface area contributed by atoms with Crippen molar-refractivity contribution in [1.82, 2.24) is 10.3 Å². The molecule has 0 atom stereocenters. The van der Waals surface area contributed by atoms with Crippen LogP contribution in [-0.4, -0.2) is 11.0 Å². The molecule has 0 amide bonds. The lowest BCUT2D eigenvalue weighted by atomic mass is 10.4. The maximum absolute atomic E-state index is 4.46. The smallest absolute Gasteiger partial charge is 0.134 e. The second-order valence-electron chi connectivity index (χ2n) is 3.76. The van der Waals surface area contributed by atoms with Gasteiger partial charge >= 0.3 is 0 Å². The number of hydrogen-bond acceptors (Lipinski definition) is 4. The summed E-state index contributed by atoms with van der Waals surface area (Å²) in [6.07, 6.45) is 1.96. The van der Waals surface area contributed by atoms with Crippen molar-refractivity contribution in [2.75, 3.05) is 0 Å². The van der Waals surface area contributed by atoms with Gasteiger partial charge in [-0.1, -0.05) is 13.8 Å². The Hall–Kier alpha value is -0.230. The van der Waals surface area contributed by atoms with Gasteiger partial charge in [0.2, 0.25) is 0 Å². The quantitative estimate of drug-likeness (QED) is 0.917. The van der Waals surface area contributed by atoms with E-state index in [0.717, 1.165) is 16.0 Å². The molecule has 2 nitrogen and oxygen atoms in total. The van der Waals surface area contributed by atoms with E-state index in [1.807, 2.05) is 6.20 Å². The molecular weight excluding hydrogens is 304 g/mol. The fraction of sp³-hybridized carbons (Fsp3) is 0.364. The maximum atomic E-state index is 4.46. The molecule has 0 aromatic carbocycles. The Morgan fingerprint density at radius 1 is 1.50 bits per heavy atom. The minimum Gasteiger partial charge on any atom is -0.310 e. The SMILES string of the molecule is CC(C)NCc1cnc(-c2sccc2Br)s1. The molecular formula is C11H13BrN2S2. The number of thiazole rings is 1. The van der Waals surface area contributed by atoms with Crippen molar-refractivity contribution < 1.29 is 0 Å². The average Bonchev–Trinajstić information content (AvgIpc) is 2.83. The van der Waals surface area contributed by atoms with Gasteiger partial charge in [0, 0.05) is 28.1 Å². The van der Waals surface area contributed by atoms with Crippen LogP contribution in [0.1, 0.15) is 18.7 Å². The van der Waals surface area contributed by atoms with Gasteiger partial charge < -0.3 is 5.32 Å². The van der Waals surface area contributed by atoms with E-state index in [1.165, 1.54) is 9.75 Å². The molecule has 0 fully saturated rings. The van der Waals surface area contributed by atoms with E-state index >= 15 is 0 Å². The first kappa shape index (κ1) is 12.2. The summed E-state index contributed by atoms with van der Waals surface area (Å²) in [5, 5.41) is 6.57. The molecule has 0 aliphatic heterocycles. The summed E-state index contributed by atoms with van der Waals surface area (Å²) in [7, 11) is 0. The van der Waals surface area contributed by atoms with Crippen LogP contribution in [0.4, 0.5) is 0 Å². The Morgan fingerprint density at radius 2 is 2.31 bits per heavy atom. The van der Waals surface area contributed by atoms with Crippen molar-refractivity contribution in [1.29, 1.82) is 0 Å². The summed E-state index contributed by atoms with van der Waals surface area (Å²) in [4.78, 5) is 6.96. The zero-order valence-electron chi connectivity index (χ0n) is 9.16. The summed E-state index contributed by atoms with van der Waals surface area (Å²) in [6.45, 7) is 5.20. The standard InChI is InChI=1S/C11H13BrN2S2/c1-7(2)13-5-8-6-14-11(16-8)10-9(12)3-4-15-10/h3-4,6-7,13H,5H2,1-2H3. The summed E-state index contributed by atoms with van der Waals surface area (Å²) in [5.41, 5.74) is 0. The van der Waals surface area contributed by atoms with Crippen molar-refractivity contribution in [3.05, 3.63) is 27.0 Å². The summed E-state index contributed by atoms with van der Waals surface area (Å²) in [5.74, 6) is 0. The van der Waals surface area contributed by atoms with Gasteiger partial charge in [-0.15, -0.1) is 22.7 Å². The van der Waals surface area contributed by atoms with Crippen LogP contribution in [0.25, 0.3) is 9.88 Å². The number of thiophene rings is 1. The minimum absolute atomic E-state index is 0.513. The molecule has 86 valence electrons. The van der Waals surface area contributed by atoms with E-state index in [-0.39, 0.29) is 0 Å². The van der Waals surface area contributed by atoms with Gasteiger partial charge in [-0.05, 0) is 27.4 Å². The number of rotatable bonds is 4. The van der Waals surface area contributed by atoms with E-state index < -0.39 is 0 Å². The van der Waals surface area contributed by atoms with Crippen LogP contribution in [0, 0.1) is 0 Å². The molecule has 2 aromatic rings. The van der Waals surface area contributed by atoms with Gasteiger partial charge in [0.05, 0.1) is 4.88 Å². The lowest BCUT2D eigenvalue weighted by molar-refractivity contribution is 0.593. The highest BCUT2D eigenvalue weighted by molar-refractivity contribution is 9.10. The van der Waals surface area contributed by atoms with Crippen LogP contribution >= 0.6 is 38.6 Å². The zero-order chi connectivity index (χ0) is 11.5. The third-order valence-electron chi connectivity index (χ3n) is 2.05. The fourth-order valence-electron chi connectivity index (χ4n) is 1.25. The Labute approximate surface area is 112 Å². The normalized spacial score (nSPS) is 11.2. The van der Waals surface area contributed by atoms with Crippen molar-refractivity contribution in [3.63, 3.8) is 0 Å². The molecule has 2 rings (SSSR count). The number of halogens is 1. The maximum Gasteiger partial charge on any atom is 0.134 e. The van der Waals surface area contributed by atoms with Crippen molar-refractivity contribution in [2.24, 2.45) is 0 Å². The molecule has 0 aliphatic carbocycles. The Morgan fingerprint density at radius 3 is 2.94 bits per heavy atom. The molecule has 0 unspecified atom stereocenters. The lowest BCUT2D eigenvalue weighted by Crippen LogP contribution is -2.21. The zero-order valence-corrected chi connectivity index (χ0v) is 12.4. The fourth-order valence-corrected chi connectivity index (χ4v) is 3.91. The molecule has 5 heteroatoms. The predicted octanol–water partition coefficient (Wildman–Crippen LogP) is 4.13. The van der Waals surface area contributed by atoms with Crippen molar-refractivity contribution >= 4 is 38.6 Å². The van der Waals surface area contributed by atoms with Crippen LogP contribution in [0.15, 0.2) is 22.1 Å². The molecule has 2 aromatic heterocycles. The number of nitrogens with one attached hydrogen (secondary N) is 1. The molecule has 0 spiro atoms. The second kappa shape index (κ2) is 5.40. The first-order chi connectivity index (χ1) is 7.66. The second-order valence-corrected chi connectivity index (χ2v) is 6.65. The van der Waals surface area contributed by atoms with E-state index in [1.54, 1.807) is 22.7 Å². The van der Waals surface area contributed by atoms with E-state index in [0.29, 0.717) is 6.04 Å². The highest BCUT2D eigenvalue weighted by Crippen LogP contribution is 2.35. The van der Waals surface area contributed by atoms with Crippen LogP contribution < -0.4 is 5.32 Å². The number of nitrogens with zero attached hydrogens (tertiary/aromatic N) is 1. The highest BCUT2D eigenvalue weighted by Gasteiger charge is 2.09. The van der Waals surface area contributed by atoms with E-state index in [4.69, 9.17) is 0 Å². The number of aromatic nitrogens is 1. The molecule has 0 saturated heterocycles. The van der Waals surface area contributed by atoms with Gasteiger partial charge in [-0.25, -0.2) is 4.98 Å². The average molecular weight is 317 g/mol. The molecule has 2 heterocycles. The van der Waals surface area contributed by atoms with Gasteiger partial charge in [0.15, 0.2) is 0 Å². The topological polar surface area (TPSA) is 24.9 Å². The molecule has 1 N–H and O–H groups in total. The first-order valence-corrected chi connectivity index (χ1v) is 7.57. The van der Waals surface area contributed by atoms with Gasteiger partial charge in [0.25, 0.3) is 0 Å². The summed E-state index contributed by atoms with van der Waals surface area (Å²) < 4.78 is 1.13. The molecule has 0 saturated carbocycles. The lowest BCUT2D eigenvalue weighted by Gasteiger charge is -2.04. The third-order valence-corrected chi connectivity index (χ3v) is 5.04. The largest absolute Gasteiger partial charge is 0.310 e. The highest BCUT2D eigenvalue weighted by atomic mass is 79.9. The third kappa shape index (κ3) is 2.91. The van der Waals surface area contributed by atoms with Crippen molar-refractivity contribution in [3.8, 4) is 9.88 Å². The Kier molecular flexibility index (Phi) is 4.13. The monoisotopic (exact) mass is 316 g/mol. The minimum atomic E-state index is 0.513. The summed E-state index contributed by atoms with van der Waals surface area (Å²) in [6, 6.07) is 2.58. The molecule has 0 radical (unpaired) electrons. The van der Waals surface area contributed by atoms with Crippen molar-refractivity contribution in [2.45, 2.75) is 26.4 Å². The molecule has 16 heavy (non-hydrogen) atoms. The van der Waals surface area contributed by atoms with Crippen LogP contribution in [0.3, 0.4) is 0 Å². The van der Waals surface area contributed by atoms with Gasteiger partial charge in [-0.2, -0.15) is 0 Å². The van der Waals surface area contributed by atoms with Gasteiger partial charge in [0.1, 0.15) is 5.01 Å². The van der Waals surface area contributed by atoms with Crippen LogP contribution in [0.2, 0.25) is 0 Å². The van der Waals surface area contributed by atoms with Crippen LogP contribution in [0.5, 0.6) is 0 Å². The Balaban J connectivity index is 2.11. The summed E-state index contributed by atoms with van der Waals surface area (Å²) >= 11 is 7.01. The molecule has 0 aliphatic rings. The Bertz CT molecular complexity index is 462. The van der Waals surface area contributed by atoms with E-state index in [9.17, 15) is 0 Å². The first-order valence-electron chi connectivity index (χ1n) is 5.08. The molecule has 0 bridgehead atoms. The van der Waals surface area contributed by atoms with Crippen LogP contribution in [-0.2, 0) is 6.54 Å². The van der Waals surface area contributed by atoms with Gasteiger partial charge in [-0.3, -0.25) is 0 Å². The predicted molar refractivity (Wildman–Crippen MR) is 75.1 cm³/mol. The van der Waals surface area contributed by atoms with E-state index in [2.05, 4.69) is 51.5 Å².